The molecule has 152 valence electrons. The highest BCUT2D eigenvalue weighted by atomic mass is 16.5. The Labute approximate surface area is 173 Å². The van der Waals surface area contributed by atoms with E-state index in [4.69, 9.17) is 9.47 Å². The summed E-state index contributed by atoms with van der Waals surface area (Å²) in [5.41, 5.74) is 2.92. The van der Waals surface area contributed by atoms with Crippen molar-refractivity contribution in [2.75, 3.05) is 18.5 Å². The number of nitrogens with one attached hydrogen (secondary N) is 1. The number of amides is 1. The fourth-order valence-corrected chi connectivity index (χ4v) is 3.48. The first kappa shape index (κ1) is 18.4. The second kappa shape index (κ2) is 7.62. The Balaban J connectivity index is 1.36. The Bertz CT molecular complexity index is 1130. The van der Waals surface area contributed by atoms with E-state index >= 15 is 0 Å². The van der Waals surface area contributed by atoms with Crippen molar-refractivity contribution < 1.29 is 14.3 Å². The van der Waals surface area contributed by atoms with Crippen LogP contribution in [0.5, 0.6) is 11.5 Å². The van der Waals surface area contributed by atoms with Gasteiger partial charge >= 0.3 is 0 Å². The number of carbonyl (C=O) groups excluding carboxylic acids is 1. The molecule has 30 heavy (non-hydrogen) atoms. The standard InChI is InChI=1S/C22H21N5O3/c1-2-29-19-8-4-5-14-11-16(13-30-20(14)19)22(28)23-17-7-3-6-15(12-17)21-24-25-26-27(21)18-9-10-18/h3-8,11-12,18H,2,9-10,13H2,1H3,(H,23,28). The number of para-hydroxylation sites is 1. The third-order valence-corrected chi connectivity index (χ3v) is 5.07. The van der Waals surface area contributed by atoms with Crippen LogP contribution < -0.4 is 14.8 Å². The van der Waals surface area contributed by atoms with Gasteiger partial charge in [-0.15, -0.1) is 5.10 Å². The van der Waals surface area contributed by atoms with Crippen LogP contribution in [-0.4, -0.2) is 39.3 Å². The maximum absolute atomic E-state index is 12.8. The molecule has 2 aliphatic rings. The number of rotatable bonds is 6. The Morgan fingerprint density at radius 2 is 2.13 bits per heavy atom. The monoisotopic (exact) mass is 403 g/mol. The van der Waals surface area contributed by atoms with E-state index in [9.17, 15) is 4.79 Å². The summed E-state index contributed by atoms with van der Waals surface area (Å²) >= 11 is 0. The number of nitrogens with zero attached hydrogens (tertiary/aromatic N) is 4. The number of hydrogen-bond donors (Lipinski definition) is 1. The quantitative estimate of drug-likeness (QED) is 0.678. The van der Waals surface area contributed by atoms with Gasteiger partial charge in [0.25, 0.3) is 5.91 Å². The van der Waals surface area contributed by atoms with Crippen molar-refractivity contribution in [1.29, 1.82) is 0 Å². The van der Waals surface area contributed by atoms with E-state index in [0.29, 0.717) is 41.2 Å². The molecule has 0 spiro atoms. The number of ether oxygens (including phenoxy) is 2. The maximum atomic E-state index is 12.8. The molecule has 0 saturated heterocycles. The summed E-state index contributed by atoms with van der Waals surface area (Å²) in [6, 6.07) is 13.6. The topological polar surface area (TPSA) is 91.2 Å². The molecular weight excluding hydrogens is 382 g/mol. The Morgan fingerprint density at radius 1 is 1.27 bits per heavy atom. The highest BCUT2D eigenvalue weighted by Crippen LogP contribution is 2.37. The van der Waals surface area contributed by atoms with Crippen molar-refractivity contribution >= 4 is 17.7 Å². The van der Waals surface area contributed by atoms with Crippen molar-refractivity contribution in [3.05, 3.63) is 53.6 Å². The van der Waals surface area contributed by atoms with Crippen molar-refractivity contribution in [1.82, 2.24) is 20.2 Å². The summed E-state index contributed by atoms with van der Waals surface area (Å²) in [4.78, 5) is 12.8. The lowest BCUT2D eigenvalue weighted by Crippen LogP contribution is -2.21. The molecule has 0 radical (unpaired) electrons. The van der Waals surface area contributed by atoms with Crippen molar-refractivity contribution in [3.63, 3.8) is 0 Å². The normalized spacial score (nSPS) is 15.0. The number of benzene rings is 2. The van der Waals surface area contributed by atoms with E-state index in [1.54, 1.807) is 0 Å². The third kappa shape index (κ3) is 3.52. The highest BCUT2D eigenvalue weighted by molar-refractivity contribution is 6.07. The lowest BCUT2D eigenvalue weighted by molar-refractivity contribution is -0.113. The van der Waals surface area contributed by atoms with Gasteiger partial charge in [0.2, 0.25) is 0 Å². The summed E-state index contributed by atoms with van der Waals surface area (Å²) < 4.78 is 13.3. The summed E-state index contributed by atoms with van der Waals surface area (Å²) in [7, 11) is 0. The van der Waals surface area contributed by atoms with Crippen LogP contribution in [0.15, 0.2) is 48.0 Å². The Kier molecular flexibility index (Phi) is 4.66. The Hall–Kier alpha value is -3.68. The van der Waals surface area contributed by atoms with Gasteiger partial charge in [0.05, 0.1) is 18.2 Å². The molecule has 5 rings (SSSR count). The highest BCUT2D eigenvalue weighted by Gasteiger charge is 2.28. The van der Waals surface area contributed by atoms with Crippen LogP contribution in [0, 0.1) is 0 Å². The average molecular weight is 403 g/mol. The molecule has 2 aromatic carbocycles. The lowest BCUT2D eigenvalue weighted by Gasteiger charge is -2.20. The van der Waals surface area contributed by atoms with Gasteiger partial charge in [-0.3, -0.25) is 4.79 Å². The predicted octanol–water partition coefficient (Wildman–Crippen LogP) is 3.49. The van der Waals surface area contributed by atoms with Crippen molar-refractivity contribution in [3.8, 4) is 22.9 Å². The summed E-state index contributed by atoms with van der Waals surface area (Å²) in [6.45, 7) is 2.66. The number of fused-ring (bicyclic) bond motifs is 1. The molecule has 1 fully saturated rings. The minimum absolute atomic E-state index is 0.183. The number of anilines is 1. The van der Waals surface area contributed by atoms with Crippen molar-refractivity contribution in [2.24, 2.45) is 0 Å². The van der Waals surface area contributed by atoms with Crippen molar-refractivity contribution in [2.45, 2.75) is 25.8 Å². The second-order valence-electron chi connectivity index (χ2n) is 7.28. The smallest absolute Gasteiger partial charge is 0.255 e. The van der Waals surface area contributed by atoms with E-state index in [0.717, 1.165) is 24.0 Å². The molecule has 1 amide bonds. The fourth-order valence-electron chi connectivity index (χ4n) is 3.48. The number of tetrazole rings is 1. The minimum Gasteiger partial charge on any atom is -0.490 e. The van der Waals surface area contributed by atoms with Crippen LogP contribution in [0.1, 0.15) is 31.4 Å². The van der Waals surface area contributed by atoms with Gasteiger partial charge in [-0.05, 0) is 54.5 Å². The lowest BCUT2D eigenvalue weighted by atomic mass is 10.1. The molecule has 0 atom stereocenters. The summed E-state index contributed by atoms with van der Waals surface area (Å²) in [6.07, 6.45) is 4.03. The minimum atomic E-state index is -0.207. The molecule has 1 aliphatic heterocycles. The van der Waals surface area contributed by atoms with Crippen LogP contribution >= 0.6 is 0 Å². The molecule has 8 heteroatoms. The molecule has 2 heterocycles. The van der Waals surface area contributed by atoms with E-state index in [1.165, 1.54) is 0 Å². The molecule has 1 saturated carbocycles. The molecule has 1 aliphatic carbocycles. The first-order valence-corrected chi connectivity index (χ1v) is 10.0. The zero-order chi connectivity index (χ0) is 20.5. The van der Waals surface area contributed by atoms with Gasteiger partial charge in [0, 0.05) is 16.8 Å². The number of hydrogen-bond acceptors (Lipinski definition) is 6. The van der Waals surface area contributed by atoms with Crippen LogP contribution in [0.25, 0.3) is 17.5 Å². The predicted molar refractivity (Wildman–Crippen MR) is 111 cm³/mol. The zero-order valence-electron chi connectivity index (χ0n) is 16.5. The van der Waals surface area contributed by atoms with Gasteiger partial charge in [0.15, 0.2) is 17.3 Å². The van der Waals surface area contributed by atoms with Gasteiger partial charge in [-0.2, -0.15) is 0 Å². The average Bonchev–Trinajstić information content (AvgIpc) is 3.50. The molecule has 3 aromatic rings. The van der Waals surface area contributed by atoms with E-state index < -0.39 is 0 Å². The van der Waals surface area contributed by atoms with Gasteiger partial charge in [0.1, 0.15) is 6.61 Å². The molecule has 1 aromatic heterocycles. The fraction of sp³-hybridized carbons (Fsp3) is 0.273. The first-order valence-electron chi connectivity index (χ1n) is 10.0. The second-order valence-corrected chi connectivity index (χ2v) is 7.28. The summed E-state index contributed by atoms with van der Waals surface area (Å²) in [5, 5.41) is 15.0. The van der Waals surface area contributed by atoms with Gasteiger partial charge < -0.3 is 14.8 Å². The van der Waals surface area contributed by atoms with Crippen LogP contribution in [-0.2, 0) is 4.79 Å². The Morgan fingerprint density at radius 3 is 2.97 bits per heavy atom. The largest absolute Gasteiger partial charge is 0.490 e. The third-order valence-electron chi connectivity index (χ3n) is 5.07. The maximum Gasteiger partial charge on any atom is 0.255 e. The SMILES string of the molecule is CCOc1cccc2c1OCC(C(=O)Nc1cccc(-c3nnnn3C3CC3)c1)=C2. The summed E-state index contributed by atoms with van der Waals surface area (Å²) in [5.74, 6) is 1.86. The molecular formula is C22H21N5O3. The van der Waals surface area contributed by atoms with Gasteiger partial charge in [-0.1, -0.05) is 24.3 Å². The zero-order valence-corrected chi connectivity index (χ0v) is 16.5. The molecule has 0 unspecified atom stereocenters. The molecule has 1 N–H and O–H groups in total. The van der Waals surface area contributed by atoms with E-state index in [-0.39, 0.29) is 12.5 Å². The van der Waals surface area contributed by atoms with E-state index in [1.807, 2.05) is 60.1 Å². The number of carbonyl (C=O) groups is 1. The van der Waals surface area contributed by atoms with E-state index in [2.05, 4.69) is 20.8 Å². The van der Waals surface area contributed by atoms with Crippen LogP contribution in [0.4, 0.5) is 5.69 Å². The molecule has 0 bridgehead atoms. The first-order chi connectivity index (χ1) is 14.7. The molecule has 8 nitrogen and oxygen atoms in total. The van der Waals surface area contributed by atoms with Gasteiger partial charge in [-0.25, -0.2) is 4.68 Å². The van der Waals surface area contributed by atoms with Crippen LogP contribution in [0.2, 0.25) is 0 Å². The number of aromatic nitrogens is 4. The van der Waals surface area contributed by atoms with Crippen LogP contribution in [0.3, 0.4) is 0 Å².